The van der Waals surface area contributed by atoms with E-state index < -0.39 is 18.8 Å². The molecule has 0 aliphatic rings. The van der Waals surface area contributed by atoms with E-state index in [9.17, 15) is 18.0 Å². The highest BCUT2D eigenvalue weighted by Gasteiger charge is 2.28. The Kier molecular flexibility index (Phi) is 7.39. The van der Waals surface area contributed by atoms with E-state index >= 15 is 0 Å². The summed E-state index contributed by atoms with van der Waals surface area (Å²) in [5.74, 6) is -0.129. The van der Waals surface area contributed by atoms with E-state index in [1.54, 1.807) is 13.0 Å². The first-order chi connectivity index (χ1) is 13.2. The molecule has 0 fully saturated rings. The van der Waals surface area contributed by atoms with E-state index in [4.69, 9.17) is 0 Å². The second kappa shape index (κ2) is 9.54. The van der Waals surface area contributed by atoms with Gasteiger partial charge in [-0.2, -0.15) is 13.2 Å². The van der Waals surface area contributed by atoms with Crippen molar-refractivity contribution in [2.45, 2.75) is 31.6 Å². The standard InChI is InChI=1S/C20H24F3N3O2/c1-14(17-10-9-16(12-24-17)28-13-20(21,22)23)25-19(27)18(26(2)3)11-15-7-5-4-6-8-15/h4-10,12,14,18H,11,13H2,1-3H3,(H,25,27)/t14-,18-/m1/s1. The van der Waals surface area contributed by atoms with Crippen molar-refractivity contribution in [2.75, 3.05) is 20.7 Å². The number of halogens is 3. The van der Waals surface area contributed by atoms with E-state index in [0.717, 1.165) is 5.56 Å². The predicted molar refractivity (Wildman–Crippen MR) is 100.0 cm³/mol. The zero-order valence-corrected chi connectivity index (χ0v) is 16.0. The molecule has 2 atom stereocenters. The summed E-state index contributed by atoms with van der Waals surface area (Å²) in [6, 6.07) is 11.9. The number of carbonyl (C=O) groups is 1. The first-order valence-electron chi connectivity index (χ1n) is 8.82. The fourth-order valence-corrected chi connectivity index (χ4v) is 2.63. The van der Waals surface area contributed by atoms with Crippen LogP contribution in [0.5, 0.6) is 5.75 Å². The number of rotatable bonds is 8. The predicted octanol–water partition coefficient (Wildman–Crippen LogP) is 3.37. The number of benzene rings is 1. The molecule has 0 bridgehead atoms. The Morgan fingerprint density at radius 3 is 2.39 bits per heavy atom. The summed E-state index contributed by atoms with van der Waals surface area (Å²) in [5, 5.41) is 2.91. The number of nitrogens with one attached hydrogen (secondary N) is 1. The van der Waals surface area contributed by atoms with Gasteiger partial charge in [-0.25, -0.2) is 0 Å². The van der Waals surface area contributed by atoms with Gasteiger partial charge in [-0.05, 0) is 45.1 Å². The van der Waals surface area contributed by atoms with Gasteiger partial charge < -0.3 is 10.1 Å². The number of likely N-dealkylation sites (N-methyl/N-ethyl adjacent to an activating group) is 1. The van der Waals surface area contributed by atoms with E-state index in [0.29, 0.717) is 12.1 Å². The molecule has 1 amide bonds. The molecule has 152 valence electrons. The Morgan fingerprint density at radius 1 is 1.18 bits per heavy atom. The molecular weight excluding hydrogens is 371 g/mol. The van der Waals surface area contributed by atoms with Crippen LogP contribution >= 0.6 is 0 Å². The first-order valence-corrected chi connectivity index (χ1v) is 8.82. The van der Waals surface area contributed by atoms with Crippen LogP contribution in [0.4, 0.5) is 13.2 Å². The van der Waals surface area contributed by atoms with Crippen molar-refractivity contribution in [2.24, 2.45) is 0 Å². The molecule has 1 aromatic heterocycles. The summed E-state index contributed by atoms with van der Waals surface area (Å²) in [5.41, 5.74) is 1.58. The molecule has 2 rings (SSSR count). The molecule has 1 aromatic carbocycles. The van der Waals surface area contributed by atoms with Gasteiger partial charge in [-0.1, -0.05) is 30.3 Å². The Morgan fingerprint density at radius 2 is 1.86 bits per heavy atom. The molecule has 0 saturated carbocycles. The topological polar surface area (TPSA) is 54.5 Å². The van der Waals surface area contributed by atoms with Crippen LogP contribution in [0.1, 0.15) is 24.2 Å². The van der Waals surface area contributed by atoms with Crippen LogP contribution in [0, 0.1) is 0 Å². The number of nitrogens with zero attached hydrogens (tertiary/aromatic N) is 2. The van der Waals surface area contributed by atoms with Crippen LogP contribution in [0.25, 0.3) is 0 Å². The van der Waals surface area contributed by atoms with Crippen LogP contribution in [-0.4, -0.2) is 48.7 Å². The molecule has 1 N–H and O–H groups in total. The molecule has 1 heterocycles. The monoisotopic (exact) mass is 395 g/mol. The molecule has 0 spiro atoms. The summed E-state index contributed by atoms with van der Waals surface area (Å²) in [4.78, 5) is 18.7. The lowest BCUT2D eigenvalue weighted by Gasteiger charge is -2.25. The number of ether oxygens (including phenoxy) is 1. The maximum absolute atomic E-state index is 12.7. The van der Waals surface area contributed by atoms with Gasteiger partial charge in [-0.15, -0.1) is 0 Å². The average Bonchev–Trinajstić information content (AvgIpc) is 2.64. The van der Waals surface area contributed by atoms with Crippen molar-refractivity contribution in [3.05, 3.63) is 59.9 Å². The summed E-state index contributed by atoms with van der Waals surface area (Å²) in [6.45, 7) is 0.399. The molecular formula is C20H24F3N3O2. The minimum absolute atomic E-state index is 0.0230. The molecule has 0 aliphatic carbocycles. The number of pyridine rings is 1. The number of alkyl halides is 3. The van der Waals surface area contributed by atoms with Gasteiger partial charge in [0.25, 0.3) is 0 Å². The van der Waals surface area contributed by atoms with E-state index in [1.807, 2.05) is 49.3 Å². The average molecular weight is 395 g/mol. The largest absolute Gasteiger partial charge is 0.483 e. The van der Waals surface area contributed by atoms with Gasteiger partial charge in [0.05, 0.1) is 24.0 Å². The zero-order valence-electron chi connectivity index (χ0n) is 16.0. The minimum Gasteiger partial charge on any atom is -0.483 e. The van der Waals surface area contributed by atoms with Gasteiger partial charge in [0, 0.05) is 0 Å². The summed E-state index contributed by atoms with van der Waals surface area (Å²) in [6.07, 6.45) is -2.62. The Bertz CT molecular complexity index is 750. The zero-order chi connectivity index (χ0) is 20.7. The lowest BCUT2D eigenvalue weighted by atomic mass is 10.0. The molecule has 28 heavy (non-hydrogen) atoms. The molecule has 0 aliphatic heterocycles. The molecule has 0 radical (unpaired) electrons. The normalized spacial score (nSPS) is 13.8. The molecule has 2 aromatic rings. The number of amides is 1. The molecule has 0 saturated heterocycles. The van der Waals surface area contributed by atoms with E-state index in [1.165, 1.54) is 12.3 Å². The SMILES string of the molecule is C[C@@H](NC(=O)[C@@H](Cc1ccccc1)N(C)C)c1ccc(OCC(F)(F)F)cn1. The van der Waals surface area contributed by atoms with Crippen molar-refractivity contribution in [3.63, 3.8) is 0 Å². The fraction of sp³-hybridized carbons (Fsp3) is 0.400. The van der Waals surface area contributed by atoms with Gasteiger partial charge in [0.2, 0.25) is 5.91 Å². The summed E-state index contributed by atoms with van der Waals surface area (Å²) < 4.78 is 41.2. The maximum Gasteiger partial charge on any atom is 0.422 e. The molecule has 0 unspecified atom stereocenters. The van der Waals surface area contributed by atoms with E-state index in [2.05, 4.69) is 15.0 Å². The third-order valence-corrected chi connectivity index (χ3v) is 4.16. The maximum atomic E-state index is 12.7. The van der Waals surface area contributed by atoms with Crippen molar-refractivity contribution < 1.29 is 22.7 Å². The van der Waals surface area contributed by atoms with Gasteiger partial charge in [0.1, 0.15) is 5.75 Å². The molecule has 8 heteroatoms. The third-order valence-electron chi connectivity index (χ3n) is 4.16. The highest BCUT2D eigenvalue weighted by Crippen LogP contribution is 2.19. The van der Waals surface area contributed by atoms with Crippen molar-refractivity contribution >= 4 is 5.91 Å². The lowest BCUT2D eigenvalue weighted by molar-refractivity contribution is -0.153. The highest BCUT2D eigenvalue weighted by atomic mass is 19.4. The highest BCUT2D eigenvalue weighted by molar-refractivity contribution is 5.82. The van der Waals surface area contributed by atoms with Gasteiger partial charge in [-0.3, -0.25) is 14.7 Å². The first kappa shape index (κ1) is 21.7. The Labute approximate surface area is 162 Å². The van der Waals surface area contributed by atoms with Crippen molar-refractivity contribution in [3.8, 4) is 5.75 Å². The van der Waals surface area contributed by atoms with E-state index in [-0.39, 0.29) is 17.7 Å². The second-order valence-corrected chi connectivity index (χ2v) is 6.72. The number of carbonyl (C=O) groups excluding carboxylic acids is 1. The quantitative estimate of drug-likeness (QED) is 0.745. The third kappa shape index (κ3) is 6.84. The lowest BCUT2D eigenvalue weighted by Crippen LogP contribution is -2.45. The Balaban J connectivity index is 1.97. The van der Waals surface area contributed by atoms with Gasteiger partial charge in [0.15, 0.2) is 6.61 Å². The van der Waals surface area contributed by atoms with Crippen LogP contribution in [0.2, 0.25) is 0 Å². The van der Waals surface area contributed by atoms with Crippen molar-refractivity contribution in [1.82, 2.24) is 15.2 Å². The number of hydrogen-bond acceptors (Lipinski definition) is 4. The van der Waals surface area contributed by atoms with Crippen LogP contribution in [0.15, 0.2) is 48.7 Å². The summed E-state index contributed by atoms with van der Waals surface area (Å²) >= 11 is 0. The number of hydrogen-bond donors (Lipinski definition) is 1. The summed E-state index contributed by atoms with van der Waals surface area (Å²) in [7, 11) is 3.67. The van der Waals surface area contributed by atoms with Crippen LogP contribution in [-0.2, 0) is 11.2 Å². The van der Waals surface area contributed by atoms with Crippen LogP contribution < -0.4 is 10.1 Å². The fourth-order valence-electron chi connectivity index (χ4n) is 2.63. The minimum atomic E-state index is -4.40. The van der Waals surface area contributed by atoms with Crippen LogP contribution in [0.3, 0.4) is 0 Å². The smallest absolute Gasteiger partial charge is 0.422 e. The Hall–Kier alpha value is -2.61. The van der Waals surface area contributed by atoms with Crippen molar-refractivity contribution in [1.29, 1.82) is 0 Å². The molecule has 5 nitrogen and oxygen atoms in total. The number of aromatic nitrogens is 1. The van der Waals surface area contributed by atoms with Gasteiger partial charge >= 0.3 is 6.18 Å². The second-order valence-electron chi connectivity index (χ2n) is 6.72.